The Morgan fingerprint density at radius 1 is 1.15 bits per heavy atom. The number of anilines is 1. The van der Waals surface area contributed by atoms with Crippen LogP contribution in [-0.2, 0) is 4.79 Å². The molecule has 0 radical (unpaired) electrons. The maximum absolute atomic E-state index is 12.4. The van der Waals surface area contributed by atoms with E-state index in [1.54, 1.807) is 55.7 Å². The first-order valence-corrected chi connectivity index (χ1v) is 8.05. The average molecular weight is 351 g/mol. The largest absolute Gasteiger partial charge is 0.493 e. The molecule has 5 heteroatoms. The van der Waals surface area contributed by atoms with Crippen LogP contribution in [0.3, 0.4) is 0 Å². The van der Waals surface area contributed by atoms with Crippen molar-refractivity contribution < 1.29 is 19.1 Å². The summed E-state index contributed by atoms with van der Waals surface area (Å²) in [5.74, 6) is 0.840. The quantitative estimate of drug-likeness (QED) is 0.441. The van der Waals surface area contributed by atoms with Crippen LogP contribution in [0.15, 0.2) is 61.2 Å². The molecule has 1 N–H and O–H groups in total. The molecule has 0 atom stereocenters. The Kier molecular flexibility index (Phi) is 6.74. The molecule has 26 heavy (non-hydrogen) atoms. The molecular weight excluding hydrogens is 330 g/mol. The topological polar surface area (TPSA) is 64.6 Å². The second-order valence-corrected chi connectivity index (χ2v) is 5.47. The zero-order valence-electron chi connectivity index (χ0n) is 14.8. The van der Waals surface area contributed by atoms with Crippen molar-refractivity contribution in [3.05, 3.63) is 72.3 Å². The van der Waals surface area contributed by atoms with E-state index in [0.717, 1.165) is 5.56 Å². The molecule has 2 rings (SSSR count). The summed E-state index contributed by atoms with van der Waals surface area (Å²) in [5.41, 5.74) is 1.88. The van der Waals surface area contributed by atoms with Gasteiger partial charge in [-0.2, -0.15) is 0 Å². The van der Waals surface area contributed by atoms with Gasteiger partial charge in [-0.25, -0.2) is 0 Å². The van der Waals surface area contributed by atoms with Crippen LogP contribution in [-0.4, -0.2) is 25.4 Å². The summed E-state index contributed by atoms with van der Waals surface area (Å²) >= 11 is 0. The second-order valence-electron chi connectivity index (χ2n) is 5.47. The minimum Gasteiger partial charge on any atom is -0.493 e. The summed E-state index contributed by atoms with van der Waals surface area (Å²) in [4.78, 5) is 23.5. The number of ether oxygens (including phenoxy) is 2. The molecule has 2 aromatic carbocycles. The third-order valence-corrected chi connectivity index (χ3v) is 3.44. The summed E-state index contributed by atoms with van der Waals surface area (Å²) in [6.07, 6.45) is 4.83. The van der Waals surface area contributed by atoms with E-state index in [9.17, 15) is 9.59 Å². The van der Waals surface area contributed by atoms with E-state index in [4.69, 9.17) is 9.47 Å². The third kappa shape index (κ3) is 5.34. The standard InChI is InChI=1S/C21H21NO4/c1-4-12-26-20-11-9-16(13-21(20)25-3)8-10-19(24)17-6-5-7-18(14-17)22-15(2)23/h4-11,13-14H,1,12H2,2-3H3,(H,22,23)/b10-8+. The number of hydrogen-bond donors (Lipinski definition) is 1. The Morgan fingerprint density at radius 3 is 2.65 bits per heavy atom. The molecule has 0 fully saturated rings. The van der Waals surface area contributed by atoms with Gasteiger partial charge in [0.25, 0.3) is 0 Å². The number of allylic oxidation sites excluding steroid dienone is 1. The Balaban J connectivity index is 2.14. The molecule has 2 aromatic rings. The van der Waals surface area contributed by atoms with Crippen molar-refractivity contribution >= 4 is 23.5 Å². The minimum absolute atomic E-state index is 0.164. The van der Waals surface area contributed by atoms with Crippen molar-refractivity contribution in [2.45, 2.75) is 6.92 Å². The van der Waals surface area contributed by atoms with Crippen LogP contribution in [0, 0.1) is 0 Å². The number of methoxy groups -OCH3 is 1. The smallest absolute Gasteiger partial charge is 0.221 e. The highest BCUT2D eigenvalue weighted by atomic mass is 16.5. The van der Waals surface area contributed by atoms with Gasteiger partial charge in [-0.05, 0) is 35.9 Å². The van der Waals surface area contributed by atoms with E-state index in [1.165, 1.54) is 13.0 Å². The van der Waals surface area contributed by atoms with Crippen molar-refractivity contribution in [3.63, 3.8) is 0 Å². The van der Waals surface area contributed by atoms with Crippen LogP contribution < -0.4 is 14.8 Å². The molecule has 5 nitrogen and oxygen atoms in total. The molecule has 0 aliphatic rings. The van der Waals surface area contributed by atoms with Gasteiger partial charge in [0.2, 0.25) is 5.91 Å². The Hall–Kier alpha value is -3.34. The van der Waals surface area contributed by atoms with Gasteiger partial charge in [0.15, 0.2) is 17.3 Å². The van der Waals surface area contributed by atoms with Crippen molar-refractivity contribution in [1.29, 1.82) is 0 Å². The van der Waals surface area contributed by atoms with Crippen molar-refractivity contribution in [2.75, 3.05) is 19.0 Å². The number of amides is 1. The lowest BCUT2D eigenvalue weighted by Gasteiger charge is -2.09. The van der Waals surface area contributed by atoms with Gasteiger partial charge in [0, 0.05) is 18.2 Å². The summed E-state index contributed by atoms with van der Waals surface area (Å²) in [7, 11) is 1.56. The number of carbonyl (C=O) groups is 2. The Bertz CT molecular complexity index is 840. The SMILES string of the molecule is C=CCOc1ccc(/C=C/C(=O)c2cccc(NC(C)=O)c2)cc1OC. The van der Waals surface area contributed by atoms with E-state index in [0.29, 0.717) is 29.4 Å². The number of ketones is 1. The van der Waals surface area contributed by atoms with Gasteiger partial charge in [0.1, 0.15) is 6.61 Å². The fourth-order valence-electron chi connectivity index (χ4n) is 2.28. The molecule has 0 bridgehead atoms. The summed E-state index contributed by atoms with van der Waals surface area (Å²) < 4.78 is 10.8. The number of nitrogens with one attached hydrogen (secondary N) is 1. The molecule has 0 saturated carbocycles. The molecule has 0 aliphatic carbocycles. The molecular formula is C21H21NO4. The number of benzene rings is 2. The highest BCUT2D eigenvalue weighted by Crippen LogP contribution is 2.28. The predicted octanol–water partition coefficient (Wildman–Crippen LogP) is 4.11. The van der Waals surface area contributed by atoms with E-state index >= 15 is 0 Å². The highest BCUT2D eigenvalue weighted by molar-refractivity contribution is 6.07. The molecule has 134 valence electrons. The van der Waals surface area contributed by atoms with Gasteiger partial charge in [-0.15, -0.1) is 0 Å². The van der Waals surface area contributed by atoms with Crippen LogP contribution in [0.2, 0.25) is 0 Å². The van der Waals surface area contributed by atoms with Crippen LogP contribution in [0.1, 0.15) is 22.8 Å². The van der Waals surface area contributed by atoms with Gasteiger partial charge >= 0.3 is 0 Å². The lowest BCUT2D eigenvalue weighted by molar-refractivity contribution is -0.114. The van der Waals surface area contributed by atoms with E-state index in [1.807, 2.05) is 6.07 Å². The Morgan fingerprint density at radius 2 is 1.96 bits per heavy atom. The fourth-order valence-corrected chi connectivity index (χ4v) is 2.28. The maximum Gasteiger partial charge on any atom is 0.221 e. The molecule has 0 aliphatic heterocycles. The molecule has 0 saturated heterocycles. The number of rotatable bonds is 8. The van der Waals surface area contributed by atoms with Gasteiger partial charge < -0.3 is 14.8 Å². The van der Waals surface area contributed by atoms with E-state index in [-0.39, 0.29) is 11.7 Å². The predicted molar refractivity (Wildman–Crippen MR) is 103 cm³/mol. The lowest BCUT2D eigenvalue weighted by atomic mass is 10.1. The maximum atomic E-state index is 12.4. The van der Waals surface area contributed by atoms with E-state index in [2.05, 4.69) is 11.9 Å². The molecule has 1 amide bonds. The monoisotopic (exact) mass is 351 g/mol. The van der Waals surface area contributed by atoms with Gasteiger partial charge in [-0.1, -0.05) is 36.9 Å². The summed E-state index contributed by atoms with van der Waals surface area (Å²) in [6.45, 7) is 5.42. The minimum atomic E-state index is -0.184. The third-order valence-electron chi connectivity index (χ3n) is 3.44. The number of hydrogen-bond acceptors (Lipinski definition) is 4. The normalized spacial score (nSPS) is 10.4. The zero-order chi connectivity index (χ0) is 18.9. The van der Waals surface area contributed by atoms with Gasteiger partial charge in [0.05, 0.1) is 7.11 Å². The molecule has 0 spiro atoms. The van der Waals surface area contributed by atoms with Crippen LogP contribution in [0.5, 0.6) is 11.5 Å². The van der Waals surface area contributed by atoms with Crippen molar-refractivity contribution in [1.82, 2.24) is 0 Å². The Labute approximate surface area is 152 Å². The lowest BCUT2D eigenvalue weighted by Crippen LogP contribution is -2.06. The van der Waals surface area contributed by atoms with Crippen molar-refractivity contribution in [2.24, 2.45) is 0 Å². The highest BCUT2D eigenvalue weighted by Gasteiger charge is 2.06. The van der Waals surface area contributed by atoms with Gasteiger partial charge in [-0.3, -0.25) is 9.59 Å². The van der Waals surface area contributed by atoms with Crippen LogP contribution in [0.25, 0.3) is 6.08 Å². The first-order chi connectivity index (χ1) is 12.5. The summed E-state index contributed by atoms with van der Waals surface area (Å²) in [6, 6.07) is 12.2. The second kappa shape index (κ2) is 9.22. The average Bonchev–Trinajstić information content (AvgIpc) is 2.64. The first kappa shape index (κ1) is 19.0. The fraction of sp³-hybridized carbons (Fsp3) is 0.143. The van der Waals surface area contributed by atoms with Crippen LogP contribution in [0.4, 0.5) is 5.69 Å². The van der Waals surface area contributed by atoms with Crippen LogP contribution >= 0.6 is 0 Å². The number of carbonyl (C=O) groups excluding carboxylic acids is 2. The zero-order valence-corrected chi connectivity index (χ0v) is 14.8. The van der Waals surface area contributed by atoms with Crippen molar-refractivity contribution in [3.8, 4) is 11.5 Å². The summed E-state index contributed by atoms with van der Waals surface area (Å²) in [5, 5.41) is 2.66. The molecule has 0 heterocycles. The molecule has 0 aromatic heterocycles. The molecule has 0 unspecified atom stereocenters. The first-order valence-electron chi connectivity index (χ1n) is 8.05. The van der Waals surface area contributed by atoms with E-state index < -0.39 is 0 Å².